The van der Waals surface area contributed by atoms with Gasteiger partial charge in [0.25, 0.3) is 5.91 Å². The molecule has 0 aliphatic heterocycles. The minimum absolute atomic E-state index is 0.165. The first kappa shape index (κ1) is 15.1. The van der Waals surface area contributed by atoms with Crippen LogP contribution in [0, 0.1) is 15.9 Å². The molecule has 0 bridgehead atoms. The van der Waals surface area contributed by atoms with E-state index in [1.165, 1.54) is 6.07 Å². The number of nitro benzene ring substituents is 1. The van der Waals surface area contributed by atoms with Crippen LogP contribution in [-0.4, -0.2) is 10.8 Å². The van der Waals surface area contributed by atoms with Crippen LogP contribution in [0.3, 0.4) is 0 Å². The summed E-state index contributed by atoms with van der Waals surface area (Å²) in [5.41, 5.74) is 0.913. The van der Waals surface area contributed by atoms with E-state index in [0.717, 1.165) is 17.7 Å². The summed E-state index contributed by atoms with van der Waals surface area (Å²) in [6.07, 6.45) is 0. The van der Waals surface area contributed by atoms with E-state index in [-0.39, 0.29) is 5.69 Å². The van der Waals surface area contributed by atoms with Gasteiger partial charge in [0.2, 0.25) is 5.82 Å². The number of amides is 1. The Morgan fingerprint density at radius 1 is 1.24 bits per heavy atom. The summed E-state index contributed by atoms with van der Waals surface area (Å²) in [5.74, 6) is -1.36. The molecule has 2 aromatic rings. The van der Waals surface area contributed by atoms with E-state index in [1.807, 2.05) is 0 Å². The molecule has 0 heterocycles. The molecule has 5 nitrogen and oxygen atoms in total. The lowest BCUT2D eigenvalue weighted by Gasteiger charge is -2.06. The van der Waals surface area contributed by atoms with Gasteiger partial charge in [0.15, 0.2) is 0 Å². The quantitative estimate of drug-likeness (QED) is 0.515. The number of anilines is 1. The lowest BCUT2D eigenvalue weighted by molar-refractivity contribution is -0.387. The van der Waals surface area contributed by atoms with Gasteiger partial charge in [0, 0.05) is 22.6 Å². The zero-order chi connectivity index (χ0) is 15.4. The van der Waals surface area contributed by atoms with Crippen LogP contribution in [-0.2, 0) is 5.33 Å². The number of hydrogen-bond acceptors (Lipinski definition) is 3. The molecule has 7 heteroatoms. The third-order valence-corrected chi connectivity index (χ3v) is 3.42. The standard InChI is InChI=1S/C14H10BrFN2O3/c15-8-9-1-3-10(4-2-9)14(19)17-11-5-6-12(16)13(7-11)18(20)21/h1-7H,8H2,(H,17,19). The Hall–Kier alpha value is -2.28. The number of carbonyl (C=O) groups is 1. The summed E-state index contributed by atoms with van der Waals surface area (Å²) in [6.45, 7) is 0. The van der Waals surface area contributed by atoms with Gasteiger partial charge >= 0.3 is 5.69 Å². The van der Waals surface area contributed by atoms with Crippen molar-refractivity contribution >= 4 is 33.2 Å². The molecule has 0 unspecified atom stereocenters. The number of nitro groups is 1. The smallest absolute Gasteiger partial charge is 0.306 e. The molecule has 0 aliphatic carbocycles. The number of carbonyl (C=O) groups excluding carboxylic acids is 1. The van der Waals surface area contributed by atoms with Crippen molar-refractivity contribution in [2.45, 2.75) is 5.33 Å². The van der Waals surface area contributed by atoms with Gasteiger partial charge in [-0.3, -0.25) is 14.9 Å². The Morgan fingerprint density at radius 2 is 1.90 bits per heavy atom. The van der Waals surface area contributed by atoms with Crippen molar-refractivity contribution in [3.8, 4) is 0 Å². The van der Waals surface area contributed by atoms with Crippen LogP contribution in [0.15, 0.2) is 42.5 Å². The van der Waals surface area contributed by atoms with Gasteiger partial charge in [-0.2, -0.15) is 4.39 Å². The molecule has 0 atom stereocenters. The van der Waals surface area contributed by atoms with Gasteiger partial charge in [-0.05, 0) is 29.8 Å². The van der Waals surface area contributed by atoms with Gasteiger partial charge < -0.3 is 5.32 Å². The predicted octanol–water partition coefficient (Wildman–Crippen LogP) is 3.88. The molecule has 0 spiro atoms. The number of rotatable bonds is 4. The molecule has 108 valence electrons. The summed E-state index contributed by atoms with van der Waals surface area (Å²) in [4.78, 5) is 21.8. The number of benzene rings is 2. The predicted molar refractivity (Wildman–Crippen MR) is 80.1 cm³/mol. The Morgan fingerprint density at radius 3 is 2.48 bits per heavy atom. The summed E-state index contributed by atoms with van der Waals surface area (Å²) >= 11 is 3.30. The summed E-state index contributed by atoms with van der Waals surface area (Å²) in [5, 5.41) is 13.8. The van der Waals surface area contributed by atoms with Crippen molar-refractivity contribution in [2.24, 2.45) is 0 Å². The van der Waals surface area contributed by atoms with E-state index in [4.69, 9.17) is 0 Å². The van der Waals surface area contributed by atoms with Gasteiger partial charge in [-0.1, -0.05) is 28.1 Å². The second kappa shape index (κ2) is 6.45. The van der Waals surface area contributed by atoms with Crippen molar-refractivity contribution < 1.29 is 14.1 Å². The number of nitrogens with zero attached hydrogens (tertiary/aromatic N) is 1. The maximum Gasteiger partial charge on any atom is 0.306 e. The van der Waals surface area contributed by atoms with E-state index >= 15 is 0 Å². The zero-order valence-corrected chi connectivity index (χ0v) is 12.3. The van der Waals surface area contributed by atoms with Crippen molar-refractivity contribution in [2.75, 3.05) is 5.32 Å². The van der Waals surface area contributed by atoms with Gasteiger partial charge in [-0.15, -0.1) is 0 Å². The Labute approximate surface area is 128 Å². The van der Waals surface area contributed by atoms with E-state index in [0.29, 0.717) is 10.9 Å². The third-order valence-electron chi connectivity index (χ3n) is 2.77. The second-order valence-electron chi connectivity index (χ2n) is 4.21. The monoisotopic (exact) mass is 352 g/mol. The average molecular weight is 353 g/mol. The minimum atomic E-state index is -0.945. The van der Waals surface area contributed by atoms with Crippen LogP contribution >= 0.6 is 15.9 Å². The molecule has 1 amide bonds. The molecule has 21 heavy (non-hydrogen) atoms. The molecule has 1 N–H and O–H groups in total. The van der Waals surface area contributed by atoms with Crippen LogP contribution in [0.25, 0.3) is 0 Å². The minimum Gasteiger partial charge on any atom is -0.322 e. The molecule has 2 rings (SSSR count). The molecule has 0 saturated heterocycles. The highest BCUT2D eigenvalue weighted by Crippen LogP contribution is 2.22. The van der Waals surface area contributed by atoms with Crippen LogP contribution in [0.1, 0.15) is 15.9 Å². The highest BCUT2D eigenvalue weighted by Gasteiger charge is 2.15. The first-order valence-corrected chi connectivity index (χ1v) is 7.03. The highest BCUT2D eigenvalue weighted by molar-refractivity contribution is 9.08. The van der Waals surface area contributed by atoms with E-state index < -0.39 is 22.3 Å². The zero-order valence-electron chi connectivity index (χ0n) is 10.7. The van der Waals surface area contributed by atoms with Gasteiger partial charge in [0.05, 0.1) is 4.92 Å². The fraction of sp³-hybridized carbons (Fsp3) is 0.0714. The summed E-state index contributed by atoms with van der Waals surface area (Å²) in [6, 6.07) is 10.1. The Balaban J connectivity index is 2.19. The van der Waals surface area contributed by atoms with E-state index in [1.54, 1.807) is 24.3 Å². The molecule has 2 aromatic carbocycles. The summed E-state index contributed by atoms with van der Waals surface area (Å²) < 4.78 is 13.2. The normalized spacial score (nSPS) is 10.2. The van der Waals surface area contributed by atoms with Crippen molar-refractivity contribution in [1.82, 2.24) is 0 Å². The molecular weight excluding hydrogens is 343 g/mol. The van der Waals surface area contributed by atoms with Crippen molar-refractivity contribution in [3.05, 3.63) is 69.5 Å². The lowest BCUT2D eigenvalue weighted by Crippen LogP contribution is -2.12. The number of nitrogens with one attached hydrogen (secondary N) is 1. The fourth-order valence-corrected chi connectivity index (χ4v) is 2.05. The van der Waals surface area contributed by atoms with E-state index in [2.05, 4.69) is 21.2 Å². The maximum atomic E-state index is 13.2. The molecule has 0 aliphatic rings. The van der Waals surface area contributed by atoms with Crippen LogP contribution in [0.2, 0.25) is 0 Å². The first-order valence-electron chi connectivity index (χ1n) is 5.91. The third kappa shape index (κ3) is 3.63. The SMILES string of the molecule is O=C(Nc1ccc(F)c([N+](=O)[O-])c1)c1ccc(CBr)cc1. The number of halogens is 2. The Kier molecular flexibility index (Phi) is 4.64. The van der Waals surface area contributed by atoms with E-state index in [9.17, 15) is 19.3 Å². The lowest BCUT2D eigenvalue weighted by atomic mass is 10.1. The number of hydrogen-bond donors (Lipinski definition) is 1. The number of alkyl halides is 1. The van der Waals surface area contributed by atoms with Crippen molar-refractivity contribution in [3.63, 3.8) is 0 Å². The Bertz CT molecular complexity index is 689. The highest BCUT2D eigenvalue weighted by atomic mass is 79.9. The van der Waals surface area contributed by atoms with Crippen LogP contribution in [0.4, 0.5) is 15.8 Å². The molecule has 0 fully saturated rings. The van der Waals surface area contributed by atoms with Gasteiger partial charge in [-0.25, -0.2) is 0 Å². The molecule has 0 radical (unpaired) electrons. The summed E-state index contributed by atoms with van der Waals surface area (Å²) in [7, 11) is 0. The maximum absolute atomic E-state index is 13.2. The first-order chi connectivity index (χ1) is 10.0. The average Bonchev–Trinajstić information content (AvgIpc) is 2.49. The van der Waals surface area contributed by atoms with Crippen molar-refractivity contribution in [1.29, 1.82) is 0 Å². The fourth-order valence-electron chi connectivity index (χ4n) is 1.68. The largest absolute Gasteiger partial charge is 0.322 e. The van der Waals surface area contributed by atoms with Crippen LogP contribution in [0.5, 0.6) is 0 Å². The van der Waals surface area contributed by atoms with Gasteiger partial charge in [0.1, 0.15) is 0 Å². The second-order valence-corrected chi connectivity index (χ2v) is 4.77. The molecular formula is C14H10BrFN2O3. The molecule has 0 aromatic heterocycles. The van der Waals surface area contributed by atoms with Crippen LogP contribution < -0.4 is 5.32 Å². The topological polar surface area (TPSA) is 72.2 Å². The molecule has 0 saturated carbocycles.